The molecule has 2 fully saturated rings. The van der Waals surface area contributed by atoms with Crippen LogP contribution in [0, 0.1) is 0 Å². The Morgan fingerprint density at radius 2 is 2.35 bits per heavy atom. The molecule has 1 amide bonds. The molecule has 0 aliphatic carbocycles. The minimum absolute atomic E-state index is 0.104. The molecular weight excluding hydrogens is 318 g/mol. The fourth-order valence-corrected chi connectivity index (χ4v) is 3.70. The smallest absolute Gasteiger partial charge is 0.225 e. The van der Waals surface area contributed by atoms with Crippen molar-refractivity contribution in [3.8, 4) is 5.75 Å². The van der Waals surface area contributed by atoms with Gasteiger partial charge in [0.15, 0.2) is 11.6 Å². The van der Waals surface area contributed by atoms with Crippen LogP contribution in [0.15, 0.2) is 12.3 Å². The van der Waals surface area contributed by atoms with Crippen LogP contribution in [-0.4, -0.2) is 60.8 Å². The first-order valence-electron chi connectivity index (χ1n) is 8.15. The summed E-state index contributed by atoms with van der Waals surface area (Å²) >= 11 is 5.97. The molecule has 0 aromatic carbocycles. The number of rotatable bonds is 2. The van der Waals surface area contributed by atoms with Gasteiger partial charge >= 0.3 is 0 Å². The molecule has 1 aromatic rings. The Kier molecular flexibility index (Phi) is 4.03. The molecule has 0 saturated carbocycles. The van der Waals surface area contributed by atoms with Crippen LogP contribution in [0.5, 0.6) is 5.75 Å². The average molecular weight is 338 g/mol. The molecule has 23 heavy (non-hydrogen) atoms. The molecule has 0 spiro atoms. The summed E-state index contributed by atoms with van der Waals surface area (Å²) in [6.45, 7) is 3.50. The van der Waals surface area contributed by atoms with Gasteiger partial charge in [0.05, 0.1) is 23.6 Å². The number of pyridine rings is 1. The van der Waals surface area contributed by atoms with E-state index in [1.54, 1.807) is 12.3 Å². The van der Waals surface area contributed by atoms with Crippen LogP contribution in [0.4, 0.5) is 5.82 Å². The van der Waals surface area contributed by atoms with E-state index in [0.717, 1.165) is 37.6 Å². The van der Waals surface area contributed by atoms with E-state index in [2.05, 4.69) is 9.88 Å². The van der Waals surface area contributed by atoms with Crippen molar-refractivity contribution in [2.24, 2.45) is 0 Å². The number of hydrogen-bond donors (Lipinski definition) is 0. The summed E-state index contributed by atoms with van der Waals surface area (Å²) in [5.74, 6) is 1.75. The predicted octanol–water partition coefficient (Wildman–Crippen LogP) is 1.71. The first-order chi connectivity index (χ1) is 11.2. The Hall–Kier alpha value is -1.53. The van der Waals surface area contributed by atoms with Gasteiger partial charge in [-0.15, -0.1) is 0 Å². The normalized spacial score (nSPS) is 26.5. The van der Waals surface area contributed by atoms with Crippen LogP contribution in [-0.2, 0) is 9.53 Å². The molecule has 1 aromatic heterocycles. The highest BCUT2D eigenvalue weighted by Gasteiger charge is 2.36. The van der Waals surface area contributed by atoms with Gasteiger partial charge in [0.2, 0.25) is 5.91 Å². The zero-order valence-corrected chi connectivity index (χ0v) is 13.7. The van der Waals surface area contributed by atoms with Gasteiger partial charge in [-0.1, -0.05) is 11.6 Å². The van der Waals surface area contributed by atoms with Crippen LogP contribution in [0.1, 0.15) is 19.3 Å². The number of piperazine rings is 1. The quantitative estimate of drug-likeness (QED) is 0.822. The van der Waals surface area contributed by atoms with Gasteiger partial charge in [0, 0.05) is 38.5 Å². The zero-order chi connectivity index (χ0) is 15.8. The third kappa shape index (κ3) is 2.97. The fraction of sp³-hybridized carbons (Fsp3) is 0.625. The van der Waals surface area contributed by atoms with E-state index in [0.29, 0.717) is 31.1 Å². The molecule has 2 atom stereocenters. The van der Waals surface area contributed by atoms with Crippen molar-refractivity contribution in [2.45, 2.75) is 31.4 Å². The third-order valence-electron chi connectivity index (χ3n) is 4.76. The largest absolute Gasteiger partial charge is 0.487 e. The minimum atomic E-state index is 0.104. The number of anilines is 1. The third-order valence-corrected chi connectivity index (χ3v) is 4.97. The number of nitrogens with zero attached hydrogens (tertiary/aromatic N) is 3. The number of fused-ring (bicyclic) bond motifs is 3. The number of carbonyl (C=O) groups excluding carboxylic acids is 1. The van der Waals surface area contributed by atoms with Crippen LogP contribution in [0.2, 0.25) is 5.02 Å². The van der Waals surface area contributed by atoms with Crippen LogP contribution in [0.3, 0.4) is 0 Å². The Balaban J connectivity index is 1.42. The summed E-state index contributed by atoms with van der Waals surface area (Å²) in [6.07, 6.45) is 4.30. The summed E-state index contributed by atoms with van der Waals surface area (Å²) in [6, 6.07) is 1.95. The molecule has 7 heteroatoms. The molecular formula is C16H20ClN3O3. The summed E-state index contributed by atoms with van der Waals surface area (Å²) in [4.78, 5) is 21.0. The van der Waals surface area contributed by atoms with Crippen LogP contribution >= 0.6 is 11.6 Å². The topological polar surface area (TPSA) is 54.9 Å². The number of ether oxygens (including phenoxy) is 2. The number of halogens is 1. The Morgan fingerprint density at radius 1 is 1.43 bits per heavy atom. The molecule has 6 nitrogen and oxygen atoms in total. The Morgan fingerprint density at radius 3 is 3.17 bits per heavy atom. The molecule has 3 aliphatic rings. The molecule has 124 valence electrons. The molecule has 2 unspecified atom stereocenters. The monoisotopic (exact) mass is 337 g/mol. The summed E-state index contributed by atoms with van der Waals surface area (Å²) in [5.41, 5.74) is 0. The first kappa shape index (κ1) is 15.0. The first-order valence-corrected chi connectivity index (χ1v) is 8.53. The van der Waals surface area contributed by atoms with Gasteiger partial charge in [-0.05, 0) is 12.8 Å². The maximum absolute atomic E-state index is 12.5. The SMILES string of the molecule is O=C(CC1CCCO1)N1CCN2c3ncc(Cl)cc3OCC2C1. The van der Waals surface area contributed by atoms with E-state index in [-0.39, 0.29) is 18.1 Å². The second-order valence-corrected chi connectivity index (χ2v) is 6.75. The van der Waals surface area contributed by atoms with Gasteiger partial charge in [0.25, 0.3) is 0 Å². The van der Waals surface area contributed by atoms with Gasteiger partial charge in [-0.25, -0.2) is 4.98 Å². The Bertz CT molecular complexity index is 606. The van der Waals surface area contributed by atoms with Crippen molar-refractivity contribution in [2.75, 3.05) is 37.7 Å². The molecule has 4 heterocycles. The van der Waals surface area contributed by atoms with Crippen molar-refractivity contribution < 1.29 is 14.3 Å². The average Bonchev–Trinajstić information content (AvgIpc) is 3.06. The fourth-order valence-electron chi connectivity index (χ4n) is 3.55. The van der Waals surface area contributed by atoms with Gasteiger partial charge < -0.3 is 19.3 Å². The molecule has 3 aliphatic heterocycles. The lowest BCUT2D eigenvalue weighted by atomic mass is 10.1. The van der Waals surface area contributed by atoms with Gasteiger partial charge in [0.1, 0.15) is 6.61 Å². The molecule has 0 bridgehead atoms. The van der Waals surface area contributed by atoms with Crippen molar-refractivity contribution >= 4 is 23.3 Å². The van der Waals surface area contributed by atoms with E-state index in [9.17, 15) is 4.79 Å². The highest BCUT2D eigenvalue weighted by Crippen LogP contribution is 2.35. The zero-order valence-electron chi connectivity index (χ0n) is 12.9. The van der Waals surface area contributed by atoms with Crippen LogP contribution in [0.25, 0.3) is 0 Å². The molecule has 0 radical (unpaired) electrons. The number of amides is 1. The maximum atomic E-state index is 12.5. The van der Waals surface area contributed by atoms with E-state index in [1.807, 2.05) is 4.90 Å². The summed E-state index contributed by atoms with van der Waals surface area (Å²) in [7, 11) is 0. The molecule has 4 rings (SSSR count). The lowest BCUT2D eigenvalue weighted by Gasteiger charge is -2.44. The van der Waals surface area contributed by atoms with Gasteiger partial charge in [-0.2, -0.15) is 0 Å². The highest BCUT2D eigenvalue weighted by atomic mass is 35.5. The van der Waals surface area contributed by atoms with Crippen molar-refractivity contribution in [3.05, 3.63) is 17.3 Å². The number of carbonyl (C=O) groups is 1. The minimum Gasteiger partial charge on any atom is -0.487 e. The highest BCUT2D eigenvalue weighted by molar-refractivity contribution is 6.30. The Labute approximate surface area is 140 Å². The van der Waals surface area contributed by atoms with Crippen molar-refractivity contribution in [3.63, 3.8) is 0 Å². The lowest BCUT2D eigenvalue weighted by molar-refractivity contribution is -0.134. The van der Waals surface area contributed by atoms with E-state index < -0.39 is 0 Å². The van der Waals surface area contributed by atoms with Crippen molar-refractivity contribution in [1.29, 1.82) is 0 Å². The summed E-state index contributed by atoms with van der Waals surface area (Å²) < 4.78 is 11.4. The lowest BCUT2D eigenvalue weighted by Crippen LogP contribution is -2.58. The van der Waals surface area contributed by atoms with Crippen LogP contribution < -0.4 is 9.64 Å². The van der Waals surface area contributed by atoms with E-state index in [4.69, 9.17) is 21.1 Å². The maximum Gasteiger partial charge on any atom is 0.225 e. The standard InChI is InChI=1S/C16H20ClN3O3/c17-11-6-14-16(18-8-11)20-4-3-19(9-12(20)10-23-14)15(21)7-13-2-1-5-22-13/h6,8,12-13H,1-5,7,9-10H2. The van der Waals surface area contributed by atoms with E-state index in [1.165, 1.54) is 0 Å². The molecule has 2 saturated heterocycles. The number of aromatic nitrogens is 1. The number of hydrogen-bond acceptors (Lipinski definition) is 5. The van der Waals surface area contributed by atoms with Gasteiger partial charge in [-0.3, -0.25) is 4.79 Å². The van der Waals surface area contributed by atoms with E-state index >= 15 is 0 Å². The van der Waals surface area contributed by atoms with Crippen molar-refractivity contribution in [1.82, 2.24) is 9.88 Å². The predicted molar refractivity (Wildman–Crippen MR) is 86.0 cm³/mol. The molecule has 0 N–H and O–H groups in total. The summed E-state index contributed by atoms with van der Waals surface area (Å²) in [5, 5.41) is 0.576. The second-order valence-electron chi connectivity index (χ2n) is 6.31. The second kappa shape index (κ2) is 6.17.